The van der Waals surface area contributed by atoms with Gasteiger partial charge in [0.05, 0.1) is 35.8 Å². The Labute approximate surface area is 252 Å². The Balaban J connectivity index is 1.30. The average Bonchev–Trinajstić information content (AvgIpc) is 2.97. The molecule has 43 heavy (non-hydrogen) atoms. The number of guanidine groups is 1. The van der Waals surface area contributed by atoms with E-state index in [1.807, 2.05) is 17.0 Å². The molecule has 1 N–H and O–H groups in total. The van der Waals surface area contributed by atoms with Crippen LogP contribution in [0.4, 0.5) is 10.1 Å². The van der Waals surface area contributed by atoms with Crippen LogP contribution in [0.3, 0.4) is 0 Å². The Morgan fingerprint density at radius 1 is 1.16 bits per heavy atom. The maximum absolute atomic E-state index is 14.5. The zero-order chi connectivity index (χ0) is 30.7. The van der Waals surface area contributed by atoms with Crippen molar-refractivity contribution in [3.8, 4) is 5.75 Å². The average molecular weight is 610 g/mol. The molecular weight excluding hydrogens is 569 g/mol. The van der Waals surface area contributed by atoms with Gasteiger partial charge in [-0.05, 0) is 72.3 Å². The fraction of sp³-hybridized carbons (Fsp3) is 0.531. The largest absolute Gasteiger partial charge is 0.497 e. The molecule has 2 bridgehead atoms. The first-order valence-corrected chi connectivity index (χ1v) is 16.9. The van der Waals surface area contributed by atoms with Crippen LogP contribution in [0.1, 0.15) is 39.2 Å². The minimum Gasteiger partial charge on any atom is -0.497 e. The number of halogens is 1. The lowest BCUT2D eigenvalue weighted by molar-refractivity contribution is -0.108. The van der Waals surface area contributed by atoms with Gasteiger partial charge in [0.2, 0.25) is 0 Å². The molecule has 9 nitrogen and oxygen atoms in total. The van der Waals surface area contributed by atoms with Gasteiger partial charge in [-0.2, -0.15) is 0 Å². The molecule has 1 aromatic heterocycles. The summed E-state index contributed by atoms with van der Waals surface area (Å²) in [5.74, 6) is 1.91. The van der Waals surface area contributed by atoms with E-state index in [1.165, 1.54) is 30.5 Å². The van der Waals surface area contributed by atoms with Gasteiger partial charge in [-0.1, -0.05) is 26.8 Å². The molecule has 2 aromatic carbocycles. The molecule has 0 spiro atoms. The molecular formula is C32H40FN5O4S. The first kappa shape index (κ1) is 29.6. The fourth-order valence-electron chi connectivity index (χ4n) is 7.57. The third-order valence-corrected chi connectivity index (χ3v) is 12.1. The van der Waals surface area contributed by atoms with Crippen molar-refractivity contribution in [1.29, 1.82) is 5.41 Å². The third-order valence-electron chi connectivity index (χ3n) is 10.5. The summed E-state index contributed by atoms with van der Waals surface area (Å²) in [6.07, 6.45) is 3.99. The van der Waals surface area contributed by atoms with Gasteiger partial charge in [-0.25, -0.2) is 17.8 Å². The second kappa shape index (κ2) is 10.9. The second-order valence-corrected chi connectivity index (χ2v) is 15.3. The summed E-state index contributed by atoms with van der Waals surface area (Å²) >= 11 is 0. The Kier molecular flexibility index (Phi) is 7.51. The summed E-state index contributed by atoms with van der Waals surface area (Å²) in [7, 11) is -1.60. The van der Waals surface area contributed by atoms with Gasteiger partial charge in [0.25, 0.3) is 5.56 Å². The number of nitrogens with one attached hydrogen (secondary N) is 1. The molecule has 1 aliphatic heterocycles. The molecule has 230 valence electrons. The fourth-order valence-corrected chi connectivity index (χ4v) is 8.77. The van der Waals surface area contributed by atoms with E-state index in [0.29, 0.717) is 65.4 Å². The zero-order valence-electron chi connectivity index (χ0n) is 25.2. The van der Waals surface area contributed by atoms with Crippen LogP contribution in [0, 0.1) is 34.4 Å². The van der Waals surface area contributed by atoms with Crippen LogP contribution in [0.15, 0.2) is 47.5 Å². The Morgan fingerprint density at radius 2 is 1.91 bits per heavy atom. The molecule has 0 unspecified atom stereocenters. The minimum atomic E-state index is -3.09. The first-order chi connectivity index (χ1) is 20.4. The zero-order valence-corrected chi connectivity index (χ0v) is 26.0. The third kappa shape index (κ3) is 5.30. The minimum absolute atomic E-state index is 0.0426. The SMILES string of the molecule is COc1ccc(CCn2cnc3cc(N(C(=N)N4CCS(=O)(=O)CC4)[C@H]4C[C@@H]5C[C@H]([C@@H]4C)C5(C)C)ccc3c2=O)c(F)c1. The van der Waals surface area contributed by atoms with Crippen LogP contribution in [0.25, 0.3) is 10.9 Å². The lowest BCUT2D eigenvalue weighted by Crippen LogP contribution is -2.63. The predicted molar refractivity (Wildman–Crippen MR) is 166 cm³/mol. The number of anilines is 1. The summed E-state index contributed by atoms with van der Waals surface area (Å²) in [6, 6.07) is 10.3. The second-order valence-electron chi connectivity index (χ2n) is 13.0. The normalized spacial score (nSPS) is 25.7. The maximum Gasteiger partial charge on any atom is 0.261 e. The molecule has 4 fully saturated rings. The van der Waals surface area contributed by atoms with Crippen LogP contribution in [-0.2, 0) is 22.8 Å². The van der Waals surface area contributed by atoms with Gasteiger partial charge < -0.3 is 14.5 Å². The van der Waals surface area contributed by atoms with Gasteiger partial charge in [-0.3, -0.25) is 14.8 Å². The molecule has 2 heterocycles. The topological polar surface area (TPSA) is 109 Å². The molecule has 11 heteroatoms. The van der Waals surface area contributed by atoms with Crippen LogP contribution >= 0.6 is 0 Å². The predicted octanol–water partition coefficient (Wildman–Crippen LogP) is 4.33. The number of hydrogen-bond donors (Lipinski definition) is 1. The summed E-state index contributed by atoms with van der Waals surface area (Å²) < 4.78 is 45.3. The summed E-state index contributed by atoms with van der Waals surface area (Å²) in [6.45, 7) is 7.83. The number of aryl methyl sites for hydroxylation is 2. The number of sulfone groups is 1. The lowest BCUT2D eigenvalue weighted by Gasteiger charge is -2.63. The highest BCUT2D eigenvalue weighted by atomic mass is 32.2. The standard InChI is InChI=1S/C32H40FN5O4S/c1-20-26-15-22(32(26,2)3)16-29(20)38(31(34)36-11-13-43(40,41)14-12-36)23-6-8-25-28(17-23)35-19-37(30(25)39)10-9-21-5-7-24(42-4)18-27(21)33/h5-8,17-20,22,26,29,34H,9-16H2,1-4H3/t20-,22-,26+,29-/m0/s1. The monoisotopic (exact) mass is 609 g/mol. The number of benzene rings is 2. The van der Waals surface area contributed by atoms with Gasteiger partial charge in [0.15, 0.2) is 15.8 Å². The van der Waals surface area contributed by atoms with E-state index in [4.69, 9.17) is 4.74 Å². The summed E-state index contributed by atoms with van der Waals surface area (Å²) in [5, 5.41) is 9.77. The van der Waals surface area contributed by atoms with E-state index in [0.717, 1.165) is 12.1 Å². The highest BCUT2D eigenvalue weighted by Crippen LogP contribution is 2.62. The molecule has 4 atom stereocenters. The Morgan fingerprint density at radius 3 is 2.56 bits per heavy atom. The highest BCUT2D eigenvalue weighted by molar-refractivity contribution is 7.91. The Hall–Kier alpha value is -3.47. The van der Waals surface area contributed by atoms with Crippen molar-refractivity contribution in [2.45, 2.75) is 52.6 Å². The van der Waals surface area contributed by atoms with Crippen molar-refractivity contribution in [3.05, 3.63) is 64.5 Å². The summed E-state index contributed by atoms with van der Waals surface area (Å²) in [4.78, 5) is 22.0. The van der Waals surface area contributed by atoms with Crippen molar-refractivity contribution >= 4 is 32.4 Å². The molecule has 0 radical (unpaired) electrons. The van der Waals surface area contributed by atoms with Crippen molar-refractivity contribution < 1.29 is 17.5 Å². The van der Waals surface area contributed by atoms with E-state index in [9.17, 15) is 23.0 Å². The van der Waals surface area contributed by atoms with E-state index >= 15 is 0 Å². The van der Waals surface area contributed by atoms with E-state index < -0.39 is 9.84 Å². The molecule has 3 saturated carbocycles. The van der Waals surface area contributed by atoms with Crippen molar-refractivity contribution in [3.63, 3.8) is 0 Å². The van der Waals surface area contributed by atoms with Crippen molar-refractivity contribution in [1.82, 2.24) is 14.5 Å². The van der Waals surface area contributed by atoms with Gasteiger partial charge in [-0.15, -0.1) is 0 Å². The number of methoxy groups -OCH3 is 1. The number of hydrogen-bond acceptors (Lipinski definition) is 6. The lowest BCUT2D eigenvalue weighted by atomic mass is 9.44. The van der Waals surface area contributed by atoms with Gasteiger partial charge >= 0.3 is 0 Å². The maximum atomic E-state index is 14.5. The van der Waals surface area contributed by atoms with Crippen LogP contribution in [0.5, 0.6) is 5.75 Å². The van der Waals surface area contributed by atoms with Crippen LogP contribution in [0.2, 0.25) is 0 Å². The number of ether oxygens (including phenoxy) is 1. The Bertz CT molecular complexity index is 1730. The van der Waals surface area contributed by atoms with E-state index in [1.54, 1.807) is 18.2 Å². The van der Waals surface area contributed by atoms with Crippen LogP contribution < -0.4 is 15.2 Å². The summed E-state index contributed by atoms with van der Waals surface area (Å²) in [5.41, 5.74) is 1.87. The van der Waals surface area contributed by atoms with Gasteiger partial charge in [0, 0.05) is 37.4 Å². The highest BCUT2D eigenvalue weighted by Gasteiger charge is 2.57. The number of nitrogens with zero attached hydrogens (tertiary/aromatic N) is 4. The molecule has 7 rings (SSSR count). The van der Waals surface area contributed by atoms with E-state index in [-0.39, 0.29) is 40.9 Å². The molecule has 3 aromatic rings. The van der Waals surface area contributed by atoms with Crippen LogP contribution in [-0.4, -0.2) is 66.6 Å². The first-order valence-electron chi connectivity index (χ1n) is 15.0. The number of aromatic nitrogens is 2. The van der Waals surface area contributed by atoms with Crippen molar-refractivity contribution in [2.75, 3.05) is 36.6 Å². The number of rotatable bonds is 6. The molecule has 1 saturated heterocycles. The van der Waals surface area contributed by atoms with Gasteiger partial charge in [0.1, 0.15) is 11.6 Å². The molecule has 3 aliphatic carbocycles. The smallest absolute Gasteiger partial charge is 0.261 e. The van der Waals surface area contributed by atoms with E-state index in [2.05, 4.69) is 30.7 Å². The molecule has 0 amide bonds. The quantitative estimate of drug-likeness (QED) is 0.327. The number of fused-ring (bicyclic) bond motifs is 3. The molecule has 4 aliphatic rings. The van der Waals surface area contributed by atoms with Crippen molar-refractivity contribution in [2.24, 2.45) is 23.2 Å².